The van der Waals surface area contributed by atoms with E-state index < -0.39 is 30.5 Å². The molecule has 0 atom stereocenters. The summed E-state index contributed by atoms with van der Waals surface area (Å²) in [6.45, 7) is -1.70. The van der Waals surface area contributed by atoms with Crippen LogP contribution in [0.3, 0.4) is 0 Å². The number of ether oxygens (including phenoxy) is 2. The van der Waals surface area contributed by atoms with E-state index >= 15 is 0 Å². The van der Waals surface area contributed by atoms with Crippen LogP contribution in [-0.2, 0) is 11.3 Å². The first kappa shape index (κ1) is 31.2. The molecule has 0 radical (unpaired) electrons. The van der Waals surface area contributed by atoms with Crippen LogP contribution >= 0.6 is 0 Å². The predicted octanol–water partition coefficient (Wildman–Crippen LogP) is 4.94. The molecule has 0 aliphatic carbocycles. The van der Waals surface area contributed by atoms with Gasteiger partial charge in [0.2, 0.25) is 5.88 Å². The van der Waals surface area contributed by atoms with Crippen molar-refractivity contribution >= 4 is 29.3 Å². The Kier molecular flexibility index (Phi) is 9.58. The monoisotopic (exact) mass is 605 g/mol. The van der Waals surface area contributed by atoms with Crippen LogP contribution in [0, 0.1) is 5.41 Å². The minimum absolute atomic E-state index is 0.0854. The zero-order valence-electron chi connectivity index (χ0n) is 23.2. The largest absolute Gasteiger partial charge is 0.481 e. The first-order valence-corrected chi connectivity index (χ1v) is 13.0. The van der Waals surface area contributed by atoms with Gasteiger partial charge in [0.05, 0.1) is 12.7 Å². The van der Waals surface area contributed by atoms with Crippen LogP contribution in [0.4, 0.5) is 18.9 Å². The third kappa shape index (κ3) is 7.97. The van der Waals surface area contributed by atoms with Gasteiger partial charge in [0.15, 0.2) is 0 Å². The minimum atomic E-state index is -4.64. The van der Waals surface area contributed by atoms with Crippen LogP contribution in [-0.4, -0.2) is 48.4 Å². The van der Waals surface area contributed by atoms with Gasteiger partial charge in [0, 0.05) is 28.4 Å². The molecule has 44 heavy (non-hydrogen) atoms. The molecule has 0 spiro atoms. The zero-order chi connectivity index (χ0) is 31.9. The number of hydrogen-bond donors (Lipinski definition) is 4. The summed E-state index contributed by atoms with van der Waals surface area (Å²) in [5.74, 6) is -2.71. The third-order valence-electron chi connectivity index (χ3n) is 6.20. The number of amides is 2. The number of nitrogens with one attached hydrogen (secondary N) is 3. The maximum atomic E-state index is 13.5. The van der Waals surface area contributed by atoms with Crippen molar-refractivity contribution in [2.75, 3.05) is 19.0 Å². The summed E-state index contributed by atoms with van der Waals surface area (Å²) < 4.78 is 48.8. The SMILES string of the molecule is COc1ccc(-c2ccc(C(=O)NCC(F)(F)F)cc2C(=O)OCc2ccccc2)c(C(=O)Nc2ccc(C(=N)N)cc2)n1. The van der Waals surface area contributed by atoms with E-state index in [0.29, 0.717) is 16.8 Å². The first-order valence-electron chi connectivity index (χ1n) is 13.0. The van der Waals surface area contributed by atoms with Gasteiger partial charge in [-0.05, 0) is 53.6 Å². The molecule has 4 rings (SSSR count). The molecule has 5 N–H and O–H groups in total. The van der Waals surface area contributed by atoms with Gasteiger partial charge in [0.25, 0.3) is 11.8 Å². The maximum absolute atomic E-state index is 13.5. The van der Waals surface area contributed by atoms with E-state index in [1.54, 1.807) is 47.8 Å². The number of hydrogen-bond acceptors (Lipinski definition) is 7. The lowest BCUT2D eigenvalue weighted by molar-refractivity contribution is -0.123. The molecule has 2 amide bonds. The van der Waals surface area contributed by atoms with E-state index in [2.05, 4.69) is 10.3 Å². The lowest BCUT2D eigenvalue weighted by Crippen LogP contribution is -2.33. The Labute approximate surface area is 249 Å². The molecule has 1 aromatic heterocycles. The number of esters is 1. The number of rotatable bonds is 10. The number of methoxy groups -OCH3 is 1. The number of nitrogen functional groups attached to an aromatic ring is 1. The predicted molar refractivity (Wildman–Crippen MR) is 156 cm³/mol. The van der Waals surface area contributed by atoms with Gasteiger partial charge in [-0.3, -0.25) is 15.0 Å². The molecular weight excluding hydrogens is 579 g/mol. The highest BCUT2D eigenvalue weighted by Crippen LogP contribution is 2.31. The molecule has 0 bridgehead atoms. The number of aromatic nitrogens is 1. The molecule has 0 unspecified atom stereocenters. The number of alkyl halides is 3. The fourth-order valence-corrected chi connectivity index (χ4v) is 4.04. The Morgan fingerprint density at radius 1 is 0.886 bits per heavy atom. The number of halogens is 3. The van der Waals surface area contributed by atoms with Gasteiger partial charge in [-0.1, -0.05) is 36.4 Å². The number of carbonyl (C=O) groups is 3. The molecule has 0 saturated carbocycles. The minimum Gasteiger partial charge on any atom is -0.481 e. The van der Waals surface area contributed by atoms with Crippen molar-refractivity contribution in [3.63, 3.8) is 0 Å². The average Bonchev–Trinajstić information content (AvgIpc) is 3.02. The average molecular weight is 606 g/mol. The number of carbonyl (C=O) groups excluding carboxylic acids is 3. The third-order valence-corrected chi connectivity index (χ3v) is 6.20. The lowest BCUT2D eigenvalue weighted by Gasteiger charge is -2.16. The number of anilines is 1. The van der Waals surface area contributed by atoms with Gasteiger partial charge in [-0.15, -0.1) is 0 Å². The van der Waals surface area contributed by atoms with Gasteiger partial charge in [-0.25, -0.2) is 9.78 Å². The summed E-state index contributed by atoms with van der Waals surface area (Å²) >= 11 is 0. The summed E-state index contributed by atoms with van der Waals surface area (Å²) in [6.07, 6.45) is -4.64. The maximum Gasteiger partial charge on any atom is 0.405 e. The standard InChI is InChI=1S/C31H26F3N5O5/c1-43-25-14-13-23(26(39-25)29(41)38-21-10-7-19(8-11-21)27(35)36)22-12-9-20(28(40)37-17-31(32,33)34)15-24(22)30(42)44-16-18-5-3-2-4-6-18/h2-15H,16-17H2,1H3,(H3,35,36)(H,37,40)(H,38,41). The van der Waals surface area contributed by atoms with E-state index in [0.717, 1.165) is 6.07 Å². The molecule has 0 aliphatic heterocycles. The molecule has 0 saturated heterocycles. The number of amidine groups is 1. The Bertz CT molecular complexity index is 1690. The highest BCUT2D eigenvalue weighted by Gasteiger charge is 2.29. The Hall–Kier alpha value is -5.72. The van der Waals surface area contributed by atoms with Crippen LogP contribution in [0.25, 0.3) is 11.1 Å². The van der Waals surface area contributed by atoms with Crippen molar-refractivity contribution in [2.24, 2.45) is 5.73 Å². The molecule has 13 heteroatoms. The highest BCUT2D eigenvalue weighted by atomic mass is 19.4. The van der Waals surface area contributed by atoms with Gasteiger partial charge in [-0.2, -0.15) is 13.2 Å². The van der Waals surface area contributed by atoms with Crippen LogP contribution in [0.5, 0.6) is 5.88 Å². The Morgan fingerprint density at radius 3 is 2.18 bits per heavy atom. The molecule has 3 aromatic carbocycles. The number of nitrogens with zero attached hydrogens (tertiary/aromatic N) is 1. The summed E-state index contributed by atoms with van der Waals surface area (Å²) in [5.41, 5.74) is 6.66. The van der Waals surface area contributed by atoms with E-state index in [9.17, 15) is 27.6 Å². The van der Waals surface area contributed by atoms with E-state index in [4.69, 9.17) is 20.6 Å². The summed E-state index contributed by atoms with van der Waals surface area (Å²) in [7, 11) is 1.35. The first-order chi connectivity index (χ1) is 20.9. The van der Waals surface area contributed by atoms with Crippen LogP contribution in [0.15, 0.2) is 84.9 Å². The van der Waals surface area contributed by atoms with Crippen molar-refractivity contribution in [3.8, 4) is 17.0 Å². The second kappa shape index (κ2) is 13.5. The topological polar surface area (TPSA) is 156 Å². The van der Waals surface area contributed by atoms with Gasteiger partial charge >= 0.3 is 12.1 Å². The van der Waals surface area contributed by atoms with Crippen molar-refractivity contribution in [1.82, 2.24) is 10.3 Å². The van der Waals surface area contributed by atoms with Crippen LogP contribution in [0.2, 0.25) is 0 Å². The normalized spacial score (nSPS) is 10.9. The zero-order valence-corrected chi connectivity index (χ0v) is 23.2. The molecule has 0 aliphatic rings. The number of nitrogens with two attached hydrogens (primary N) is 1. The number of pyridine rings is 1. The van der Waals surface area contributed by atoms with Gasteiger partial charge < -0.3 is 25.8 Å². The summed E-state index contributed by atoms with van der Waals surface area (Å²) in [4.78, 5) is 43.7. The van der Waals surface area contributed by atoms with Gasteiger partial charge in [0.1, 0.15) is 24.7 Å². The summed E-state index contributed by atoms with van der Waals surface area (Å²) in [5, 5.41) is 12.0. The smallest absolute Gasteiger partial charge is 0.405 e. The lowest BCUT2D eigenvalue weighted by atomic mass is 9.95. The molecule has 1 heterocycles. The van der Waals surface area contributed by atoms with Crippen molar-refractivity contribution in [1.29, 1.82) is 5.41 Å². The highest BCUT2D eigenvalue weighted by molar-refractivity contribution is 6.10. The Morgan fingerprint density at radius 2 is 1.55 bits per heavy atom. The molecule has 4 aromatic rings. The fraction of sp³-hybridized carbons (Fsp3) is 0.129. The molecule has 10 nitrogen and oxygen atoms in total. The molecular formula is C31H26F3N5O5. The second-order valence-corrected chi connectivity index (χ2v) is 9.31. The van der Waals surface area contributed by atoms with Crippen molar-refractivity contribution < 1.29 is 37.0 Å². The van der Waals surface area contributed by atoms with Crippen LogP contribution in [0.1, 0.15) is 42.3 Å². The quantitative estimate of drug-likeness (QED) is 0.113. The fourth-order valence-electron chi connectivity index (χ4n) is 4.04. The second-order valence-electron chi connectivity index (χ2n) is 9.31. The van der Waals surface area contributed by atoms with Crippen molar-refractivity contribution in [3.05, 3.63) is 113 Å². The van der Waals surface area contributed by atoms with E-state index in [1.165, 1.54) is 43.5 Å². The van der Waals surface area contributed by atoms with E-state index in [1.807, 2.05) is 0 Å². The Balaban J connectivity index is 1.74. The summed E-state index contributed by atoms with van der Waals surface area (Å²) in [6, 6.07) is 21.5. The molecule has 226 valence electrons. The van der Waals surface area contributed by atoms with E-state index in [-0.39, 0.29) is 46.3 Å². The van der Waals surface area contributed by atoms with Crippen LogP contribution < -0.4 is 21.1 Å². The molecule has 0 fully saturated rings. The van der Waals surface area contributed by atoms with Crippen molar-refractivity contribution in [2.45, 2.75) is 12.8 Å². The number of benzene rings is 3.